The van der Waals surface area contributed by atoms with Crippen LogP contribution >= 0.6 is 0 Å². The van der Waals surface area contributed by atoms with Gasteiger partial charge in [0.15, 0.2) is 11.5 Å². The van der Waals surface area contributed by atoms with Crippen LogP contribution in [0.15, 0.2) is 29.6 Å². The Balaban J connectivity index is 1.55. The van der Waals surface area contributed by atoms with E-state index in [-0.39, 0.29) is 11.6 Å². The topological polar surface area (TPSA) is 85.0 Å². The summed E-state index contributed by atoms with van der Waals surface area (Å²) < 4.78 is 3.49. The van der Waals surface area contributed by atoms with Crippen molar-refractivity contribution in [1.29, 1.82) is 0 Å². The van der Waals surface area contributed by atoms with Gasteiger partial charge in [0.2, 0.25) is 0 Å². The summed E-state index contributed by atoms with van der Waals surface area (Å²) in [6.07, 6.45) is 3.33. The van der Waals surface area contributed by atoms with Crippen LogP contribution < -0.4 is 15.4 Å². The first-order valence-corrected chi connectivity index (χ1v) is 8.76. The summed E-state index contributed by atoms with van der Waals surface area (Å²) in [4.78, 5) is 29.4. The molecule has 0 spiro atoms. The van der Waals surface area contributed by atoms with E-state index in [0.717, 1.165) is 43.3 Å². The Bertz CT molecular complexity index is 984. The fourth-order valence-electron chi connectivity index (χ4n) is 3.30. The first-order chi connectivity index (χ1) is 12.5. The summed E-state index contributed by atoms with van der Waals surface area (Å²) in [6.45, 7) is 7.19. The van der Waals surface area contributed by atoms with Gasteiger partial charge >= 0.3 is 0 Å². The quantitative estimate of drug-likeness (QED) is 0.688. The van der Waals surface area contributed by atoms with Crippen molar-refractivity contribution in [2.45, 2.75) is 19.9 Å². The second kappa shape index (κ2) is 6.40. The van der Waals surface area contributed by atoms with Gasteiger partial charge in [-0.05, 0) is 19.9 Å². The SMILES string of the molecule is CC(C)n1nc(N2CCN(c3ncnc4ncn(C)c34)CC2)ccc1=O. The number of hydrogen-bond acceptors (Lipinski definition) is 7. The molecule has 136 valence electrons. The van der Waals surface area contributed by atoms with Crippen molar-refractivity contribution in [2.75, 3.05) is 36.0 Å². The molecule has 0 amide bonds. The molecule has 9 nitrogen and oxygen atoms in total. The highest BCUT2D eigenvalue weighted by Crippen LogP contribution is 2.23. The Labute approximate surface area is 150 Å². The van der Waals surface area contributed by atoms with Crippen molar-refractivity contribution < 1.29 is 0 Å². The summed E-state index contributed by atoms with van der Waals surface area (Å²) in [5.41, 5.74) is 1.60. The van der Waals surface area contributed by atoms with Gasteiger partial charge in [-0.1, -0.05) is 0 Å². The average molecular weight is 354 g/mol. The smallest absolute Gasteiger partial charge is 0.267 e. The van der Waals surface area contributed by atoms with Gasteiger partial charge in [-0.2, -0.15) is 5.10 Å². The number of aryl methyl sites for hydroxylation is 1. The van der Waals surface area contributed by atoms with Crippen molar-refractivity contribution >= 4 is 22.8 Å². The number of anilines is 2. The zero-order valence-electron chi connectivity index (χ0n) is 15.2. The van der Waals surface area contributed by atoms with Gasteiger partial charge in [0.05, 0.1) is 12.4 Å². The van der Waals surface area contributed by atoms with Crippen molar-refractivity contribution in [2.24, 2.45) is 7.05 Å². The highest BCUT2D eigenvalue weighted by molar-refractivity contribution is 5.83. The summed E-state index contributed by atoms with van der Waals surface area (Å²) in [7, 11) is 1.96. The zero-order chi connectivity index (χ0) is 18.3. The van der Waals surface area contributed by atoms with Crippen LogP contribution in [0.25, 0.3) is 11.2 Å². The minimum atomic E-state index is -0.0676. The molecule has 0 N–H and O–H groups in total. The van der Waals surface area contributed by atoms with E-state index in [1.165, 1.54) is 4.68 Å². The first-order valence-electron chi connectivity index (χ1n) is 8.76. The number of fused-ring (bicyclic) bond motifs is 1. The lowest BCUT2D eigenvalue weighted by atomic mass is 10.3. The number of piperazine rings is 1. The fourth-order valence-corrected chi connectivity index (χ4v) is 3.30. The Morgan fingerprint density at radius 1 is 1.00 bits per heavy atom. The van der Waals surface area contributed by atoms with Crippen molar-refractivity contribution in [3.8, 4) is 0 Å². The maximum atomic E-state index is 11.9. The minimum absolute atomic E-state index is 0.0443. The second-order valence-electron chi connectivity index (χ2n) is 6.77. The summed E-state index contributed by atoms with van der Waals surface area (Å²) >= 11 is 0. The molecule has 3 aromatic heterocycles. The van der Waals surface area contributed by atoms with Crippen LogP contribution in [-0.4, -0.2) is 55.5 Å². The van der Waals surface area contributed by atoms with Gasteiger partial charge in [0.25, 0.3) is 5.56 Å². The predicted molar refractivity (Wildman–Crippen MR) is 99.6 cm³/mol. The Morgan fingerprint density at radius 3 is 2.46 bits per heavy atom. The number of imidazole rings is 1. The van der Waals surface area contributed by atoms with E-state index in [9.17, 15) is 4.79 Å². The summed E-state index contributed by atoms with van der Waals surface area (Å²) in [6, 6.07) is 3.45. The molecule has 3 aromatic rings. The summed E-state index contributed by atoms with van der Waals surface area (Å²) in [5, 5.41) is 4.52. The molecule has 1 fully saturated rings. The number of hydrogen-bond donors (Lipinski definition) is 0. The van der Waals surface area contributed by atoms with Crippen molar-refractivity contribution in [3.63, 3.8) is 0 Å². The van der Waals surface area contributed by atoms with Crippen LogP contribution in [0.1, 0.15) is 19.9 Å². The van der Waals surface area contributed by atoms with E-state index < -0.39 is 0 Å². The standard InChI is InChI=1S/C17H22N8O/c1-12(2)25-14(26)5-4-13(21-25)23-6-8-24(9-7-23)17-15-16(18-10-19-17)20-11-22(15)3/h4-5,10-12H,6-9H2,1-3H3. The van der Waals surface area contributed by atoms with Crippen LogP contribution in [0.3, 0.4) is 0 Å². The third kappa shape index (κ3) is 2.79. The number of aromatic nitrogens is 6. The molecule has 0 atom stereocenters. The molecule has 1 aliphatic heterocycles. The molecule has 26 heavy (non-hydrogen) atoms. The zero-order valence-corrected chi connectivity index (χ0v) is 15.2. The monoisotopic (exact) mass is 354 g/mol. The van der Waals surface area contributed by atoms with Gasteiger partial charge in [-0.3, -0.25) is 4.79 Å². The molecular weight excluding hydrogens is 332 g/mol. The molecule has 0 bridgehead atoms. The van der Waals surface area contributed by atoms with Gasteiger partial charge in [0.1, 0.15) is 17.7 Å². The van der Waals surface area contributed by atoms with Gasteiger partial charge in [-0.15, -0.1) is 0 Å². The number of rotatable bonds is 3. The lowest BCUT2D eigenvalue weighted by molar-refractivity contribution is 0.497. The lowest BCUT2D eigenvalue weighted by Crippen LogP contribution is -2.47. The molecule has 0 radical (unpaired) electrons. The van der Waals surface area contributed by atoms with Crippen LogP contribution in [0.5, 0.6) is 0 Å². The van der Waals surface area contributed by atoms with Crippen LogP contribution in [0, 0.1) is 0 Å². The lowest BCUT2D eigenvalue weighted by Gasteiger charge is -2.36. The number of nitrogens with zero attached hydrogens (tertiary/aromatic N) is 8. The Hall–Kier alpha value is -2.97. The van der Waals surface area contributed by atoms with Crippen molar-refractivity contribution in [1.82, 2.24) is 29.3 Å². The Kier molecular flexibility index (Phi) is 4.06. The van der Waals surface area contributed by atoms with Gasteiger partial charge in [0, 0.05) is 39.3 Å². The molecule has 0 aliphatic carbocycles. The normalized spacial score (nSPS) is 15.2. The molecule has 0 aromatic carbocycles. The largest absolute Gasteiger partial charge is 0.352 e. The molecule has 4 heterocycles. The highest BCUT2D eigenvalue weighted by atomic mass is 16.1. The highest BCUT2D eigenvalue weighted by Gasteiger charge is 2.22. The third-order valence-electron chi connectivity index (χ3n) is 4.69. The van der Waals surface area contributed by atoms with Gasteiger partial charge in [-0.25, -0.2) is 19.6 Å². The molecule has 9 heteroatoms. The molecule has 4 rings (SSSR count). The second-order valence-corrected chi connectivity index (χ2v) is 6.77. The van der Waals surface area contributed by atoms with E-state index >= 15 is 0 Å². The van der Waals surface area contributed by atoms with E-state index in [1.807, 2.05) is 25.5 Å². The van der Waals surface area contributed by atoms with E-state index in [4.69, 9.17) is 0 Å². The molecule has 0 unspecified atom stereocenters. The fraction of sp³-hybridized carbons (Fsp3) is 0.471. The summed E-state index contributed by atoms with van der Waals surface area (Å²) in [5.74, 6) is 1.75. The van der Waals surface area contributed by atoms with Crippen LogP contribution in [0.4, 0.5) is 11.6 Å². The molecule has 1 aliphatic rings. The average Bonchev–Trinajstić information content (AvgIpc) is 3.03. The predicted octanol–water partition coefficient (Wildman–Crippen LogP) is 0.827. The van der Waals surface area contributed by atoms with E-state index in [0.29, 0.717) is 5.65 Å². The van der Waals surface area contributed by atoms with E-state index in [1.54, 1.807) is 24.8 Å². The van der Waals surface area contributed by atoms with Gasteiger partial charge < -0.3 is 14.4 Å². The van der Waals surface area contributed by atoms with Crippen LogP contribution in [-0.2, 0) is 7.05 Å². The molecule has 0 saturated carbocycles. The third-order valence-corrected chi connectivity index (χ3v) is 4.69. The van der Waals surface area contributed by atoms with Crippen molar-refractivity contribution in [3.05, 3.63) is 35.1 Å². The minimum Gasteiger partial charge on any atom is -0.352 e. The maximum absolute atomic E-state index is 11.9. The van der Waals surface area contributed by atoms with E-state index in [2.05, 4.69) is 29.9 Å². The first kappa shape index (κ1) is 16.5. The molecular formula is C17H22N8O. The van der Waals surface area contributed by atoms with Crippen LogP contribution in [0.2, 0.25) is 0 Å². The molecule has 1 saturated heterocycles. The Morgan fingerprint density at radius 2 is 1.73 bits per heavy atom. The maximum Gasteiger partial charge on any atom is 0.267 e.